The molecule has 1 aliphatic heterocycles. The fourth-order valence-electron chi connectivity index (χ4n) is 1.41. The number of hydrogen-bond acceptors (Lipinski definition) is 1. The lowest BCUT2D eigenvalue weighted by atomic mass is 10.1. The van der Waals surface area contributed by atoms with E-state index >= 15 is 0 Å². The first-order chi connectivity index (χ1) is 6.27. The lowest BCUT2D eigenvalue weighted by molar-refractivity contribution is 0.243. The highest BCUT2D eigenvalue weighted by Gasteiger charge is 2.13. The molecule has 1 unspecified atom stereocenters. The first-order valence-corrected chi connectivity index (χ1v) is 4.70. The van der Waals surface area contributed by atoms with Gasteiger partial charge >= 0.3 is 0 Å². The van der Waals surface area contributed by atoms with Gasteiger partial charge in [-0.15, -0.1) is 0 Å². The summed E-state index contributed by atoms with van der Waals surface area (Å²) in [7, 11) is 0. The number of allylic oxidation sites excluding steroid dienone is 5. The third-order valence-electron chi connectivity index (χ3n) is 2.35. The molecule has 1 aliphatic carbocycles. The molecule has 0 aromatic rings. The Balaban J connectivity index is 2.10. The molecule has 0 bridgehead atoms. The number of rotatable bonds is 1. The summed E-state index contributed by atoms with van der Waals surface area (Å²) in [4.78, 5) is 0. The molecular formula is C11H14NO-. The van der Waals surface area contributed by atoms with E-state index in [1.165, 1.54) is 0 Å². The Morgan fingerprint density at radius 2 is 2.08 bits per heavy atom. The van der Waals surface area contributed by atoms with Gasteiger partial charge in [-0.1, -0.05) is 50.1 Å². The van der Waals surface area contributed by atoms with Crippen molar-refractivity contribution in [1.29, 1.82) is 0 Å². The molecule has 0 amide bonds. The van der Waals surface area contributed by atoms with E-state index in [2.05, 4.69) is 19.2 Å². The van der Waals surface area contributed by atoms with Crippen LogP contribution < -0.4 is 0 Å². The zero-order chi connectivity index (χ0) is 9.26. The van der Waals surface area contributed by atoms with E-state index in [-0.39, 0.29) is 0 Å². The topological polar surface area (TPSA) is 23.3 Å². The van der Waals surface area contributed by atoms with Crippen molar-refractivity contribution in [2.45, 2.75) is 19.9 Å². The number of nitrogens with zero attached hydrogens (tertiary/aromatic N) is 1. The van der Waals surface area contributed by atoms with Gasteiger partial charge in [-0.2, -0.15) is 0 Å². The van der Waals surface area contributed by atoms with E-state index in [1.54, 1.807) is 0 Å². The Bertz CT molecular complexity index is 272. The maximum absolute atomic E-state index is 5.52. The monoisotopic (exact) mass is 176 g/mol. The lowest BCUT2D eigenvalue weighted by Crippen LogP contribution is -2.12. The molecule has 1 atom stereocenters. The van der Waals surface area contributed by atoms with E-state index in [0.29, 0.717) is 12.0 Å². The van der Waals surface area contributed by atoms with Crippen LogP contribution in [0, 0.1) is 5.92 Å². The second kappa shape index (κ2) is 3.29. The van der Waals surface area contributed by atoms with E-state index in [4.69, 9.17) is 4.74 Å². The molecule has 1 fully saturated rings. The van der Waals surface area contributed by atoms with Crippen molar-refractivity contribution in [3.8, 4) is 0 Å². The predicted molar refractivity (Wildman–Crippen MR) is 53.2 cm³/mol. The smallest absolute Gasteiger partial charge is 0.0726 e. The second-order valence-electron chi connectivity index (χ2n) is 3.73. The molecule has 0 spiro atoms. The van der Waals surface area contributed by atoms with E-state index in [1.807, 2.05) is 24.3 Å². The summed E-state index contributed by atoms with van der Waals surface area (Å²) in [6, 6.07) is 0.338. The molecule has 0 saturated carbocycles. The average molecular weight is 176 g/mol. The molecule has 1 saturated heterocycles. The highest BCUT2D eigenvalue weighted by molar-refractivity contribution is 5.46. The molecule has 1 heterocycles. The van der Waals surface area contributed by atoms with Crippen LogP contribution in [-0.2, 0) is 4.74 Å². The van der Waals surface area contributed by atoms with Crippen LogP contribution in [0.5, 0.6) is 0 Å². The van der Waals surface area contributed by atoms with Gasteiger partial charge in [0.15, 0.2) is 0 Å². The van der Waals surface area contributed by atoms with E-state index in [0.717, 1.165) is 18.1 Å². The first-order valence-electron chi connectivity index (χ1n) is 4.70. The van der Waals surface area contributed by atoms with Crippen molar-refractivity contribution in [2.24, 2.45) is 5.92 Å². The fourth-order valence-corrected chi connectivity index (χ4v) is 1.41. The Morgan fingerprint density at radius 3 is 2.62 bits per heavy atom. The van der Waals surface area contributed by atoms with Gasteiger partial charge in [-0.05, 0) is 5.57 Å². The van der Waals surface area contributed by atoms with Crippen molar-refractivity contribution >= 4 is 0 Å². The highest BCUT2D eigenvalue weighted by atomic mass is 16.5. The van der Waals surface area contributed by atoms with Crippen LogP contribution in [0.15, 0.2) is 35.8 Å². The van der Waals surface area contributed by atoms with Crippen LogP contribution in [-0.4, -0.2) is 12.6 Å². The normalized spacial score (nSPS) is 25.6. The molecule has 0 radical (unpaired) electrons. The van der Waals surface area contributed by atoms with Gasteiger partial charge in [0, 0.05) is 5.88 Å². The van der Waals surface area contributed by atoms with Crippen molar-refractivity contribution in [2.75, 3.05) is 6.61 Å². The Kier molecular flexibility index (Phi) is 2.13. The van der Waals surface area contributed by atoms with Crippen molar-refractivity contribution in [3.63, 3.8) is 0 Å². The molecule has 0 N–H and O–H groups in total. The van der Waals surface area contributed by atoms with E-state index < -0.39 is 0 Å². The van der Waals surface area contributed by atoms with Gasteiger partial charge in [0.2, 0.25) is 0 Å². The minimum atomic E-state index is 0.338. The van der Waals surface area contributed by atoms with Gasteiger partial charge in [0.05, 0.1) is 6.61 Å². The summed E-state index contributed by atoms with van der Waals surface area (Å²) in [6.45, 7) is 5.08. The molecule has 2 aliphatic rings. The van der Waals surface area contributed by atoms with Crippen molar-refractivity contribution < 1.29 is 4.74 Å². The molecular weight excluding hydrogens is 162 g/mol. The molecule has 2 heteroatoms. The number of ether oxygens (including phenoxy) is 1. The minimum Gasteiger partial charge on any atom is -0.648 e. The average Bonchev–Trinajstić information content (AvgIpc) is 2.75. The zero-order valence-electron chi connectivity index (χ0n) is 8.03. The molecule has 13 heavy (non-hydrogen) atoms. The Labute approximate surface area is 79.0 Å². The Hall–Kier alpha value is -1.18. The summed E-state index contributed by atoms with van der Waals surface area (Å²) in [5.74, 6) is 1.37. The lowest BCUT2D eigenvalue weighted by Gasteiger charge is -2.25. The minimum absolute atomic E-state index is 0.338. The number of hydrogen-bond donors (Lipinski definition) is 0. The zero-order valence-corrected chi connectivity index (χ0v) is 8.03. The summed E-state index contributed by atoms with van der Waals surface area (Å²) in [5.41, 5.74) is 1.10. The summed E-state index contributed by atoms with van der Waals surface area (Å²) in [5, 5.41) is 4.52. The van der Waals surface area contributed by atoms with Crippen LogP contribution in [0.25, 0.3) is 5.32 Å². The summed E-state index contributed by atoms with van der Waals surface area (Å²) in [6.07, 6.45) is 8.07. The molecule has 0 aromatic heterocycles. The maximum Gasteiger partial charge on any atom is 0.0726 e. The maximum atomic E-state index is 5.52. The van der Waals surface area contributed by atoms with Gasteiger partial charge in [0.1, 0.15) is 0 Å². The first kappa shape index (κ1) is 8.42. The molecule has 70 valence electrons. The fraction of sp³-hybridized carbons (Fsp3) is 0.455. The third-order valence-corrected chi connectivity index (χ3v) is 2.35. The quantitative estimate of drug-likeness (QED) is 0.602. The van der Waals surface area contributed by atoms with Gasteiger partial charge < -0.3 is 10.1 Å². The van der Waals surface area contributed by atoms with Gasteiger partial charge in [-0.25, -0.2) is 0 Å². The summed E-state index contributed by atoms with van der Waals surface area (Å²) < 4.78 is 5.52. The summed E-state index contributed by atoms with van der Waals surface area (Å²) >= 11 is 0. The third kappa shape index (κ3) is 1.62. The van der Waals surface area contributed by atoms with Gasteiger partial charge in [0.25, 0.3) is 0 Å². The standard InChI is InChI=1S/C11H14NO/c1-8(2)10-7-13-11(12-10)9-5-3-4-6-9/h3-6,8,10H,7H2,1-2H3/q-1. The van der Waals surface area contributed by atoms with Crippen LogP contribution >= 0.6 is 0 Å². The molecule has 2 rings (SSSR count). The van der Waals surface area contributed by atoms with Gasteiger partial charge in [-0.3, -0.25) is 0 Å². The van der Waals surface area contributed by atoms with Crippen LogP contribution in [0.2, 0.25) is 0 Å². The van der Waals surface area contributed by atoms with Crippen LogP contribution in [0.3, 0.4) is 0 Å². The Morgan fingerprint density at radius 1 is 1.38 bits per heavy atom. The van der Waals surface area contributed by atoms with Crippen LogP contribution in [0.4, 0.5) is 0 Å². The highest BCUT2D eigenvalue weighted by Crippen LogP contribution is 2.31. The molecule has 2 nitrogen and oxygen atoms in total. The van der Waals surface area contributed by atoms with Crippen LogP contribution in [0.1, 0.15) is 13.8 Å². The molecule has 0 aromatic carbocycles. The van der Waals surface area contributed by atoms with E-state index in [9.17, 15) is 0 Å². The predicted octanol–water partition coefficient (Wildman–Crippen LogP) is 2.75. The SMILES string of the molecule is CC(C)C1COC(=C2C=CC=C2)[N-]1. The van der Waals surface area contributed by atoms with Crippen molar-refractivity contribution in [3.05, 3.63) is 41.1 Å². The second-order valence-corrected chi connectivity index (χ2v) is 3.73. The largest absolute Gasteiger partial charge is 0.648 e. The van der Waals surface area contributed by atoms with Crippen molar-refractivity contribution in [1.82, 2.24) is 0 Å².